The molecule has 2 aromatic heterocycles. The van der Waals surface area contributed by atoms with Gasteiger partial charge in [0.2, 0.25) is 5.91 Å². The minimum atomic E-state index is -1.33. The lowest BCUT2D eigenvalue weighted by Crippen LogP contribution is -2.48. The summed E-state index contributed by atoms with van der Waals surface area (Å²) >= 11 is 1.42. The van der Waals surface area contributed by atoms with Crippen molar-refractivity contribution in [3.63, 3.8) is 0 Å². The Morgan fingerprint density at radius 3 is 2.59 bits per heavy atom. The molecule has 3 N–H and O–H groups in total. The molecule has 0 saturated heterocycles. The number of carboxylic acids is 1. The number of fused-ring (bicyclic) bond motifs is 1. The third kappa shape index (κ3) is 4.17. The Morgan fingerprint density at radius 1 is 1.30 bits per heavy atom. The Labute approximate surface area is 160 Å². The number of carbonyl (C=O) groups excluding carboxylic acids is 1. The molecule has 2 unspecified atom stereocenters. The molecule has 3 aromatic rings. The van der Waals surface area contributed by atoms with Crippen molar-refractivity contribution in [2.45, 2.75) is 38.8 Å². The van der Waals surface area contributed by atoms with Crippen molar-refractivity contribution >= 4 is 28.2 Å². The van der Waals surface area contributed by atoms with Gasteiger partial charge in [0.1, 0.15) is 0 Å². The Bertz CT molecular complexity index is 959. The number of aliphatic carboxylic acids is 1. The van der Waals surface area contributed by atoms with Crippen LogP contribution in [0.25, 0.3) is 16.2 Å². The van der Waals surface area contributed by atoms with Crippen LogP contribution in [0.1, 0.15) is 25.1 Å². The number of aromatic nitrogens is 2. The first-order chi connectivity index (χ1) is 12.9. The van der Waals surface area contributed by atoms with E-state index in [-0.39, 0.29) is 6.42 Å². The third-order valence-electron chi connectivity index (χ3n) is 4.35. The lowest BCUT2D eigenvalue weighted by Gasteiger charge is -2.16. The van der Waals surface area contributed by atoms with Gasteiger partial charge in [-0.3, -0.25) is 9.20 Å². The van der Waals surface area contributed by atoms with Crippen molar-refractivity contribution in [1.82, 2.24) is 14.7 Å². The van der Waals surface area contributed by atoms with Gasteiger partial charge < -0.3 is 15.5 Å². The van der Waals surface area contributed by atoms with Gasteiger partial charge in [-0.25, -0.2) is 9.78 Å². The highest BCUT2D eigenvalue weighted by atomic mass is 32.1. The zero-order valence-corrected chi connectivity index (χ0v) is 15.9. The SMILES string of the molecule is CCc1ccc(-c2cn3c(CC(=O)NC(C(=O)O)C(C)O)csc3n2)cc1. The average molecular weight is 387 g/mol. The van der Waals surface area contributed by atoms with Gasteiger partial charge in [-0.15, -0.1) is 11.3 Å². The normalized spacial score (nSPS) is 13.4. The molecule has 0 aliphatic rings. The molecule has 8 heteroatoms. The lowest BCUT2D eigenvalue weighted by atomic mass is 10.1. The first-order valence-corrected chi connectivity index (χ1v) is 9.52. The fraction of sp³-hybridized carbons (Fsp3) is 0.316. The van der Waals surface area contributed by atoms with Crippen LogP contribution in [0.4, 0.5) is 0 Å². The molecular formula is C19H21N3O4S. The van der Waals surface area contributed by atoms with E-state index in [0.29, 0.717) is 5.69 Å². The molecule has 3 rings (SSSR count). The number of aryl methyl sites for hydroxylation is 1. The third-order valence-corrected chi connectivity index (χ3v) is 5.24. The first-order valence-electron chi connectivity index (χ1n) is 8.64. The van der Waals surface area contributed by atoms with Crippen molar-refractivity contribution in [3.05, 3.63) is 47.1 Å². The fourth-order valence-electron chi connectivity index (χ4n) is 2.78. The van der Waals surface area contributed by atoms with Crippen LogP contribution < -0.4 is 5.32 Å². The van der Waals surface area contributed by atoms with E-state index in [1.54, 1.807) is 0 Å². The Balaban J connectivity index is 1.78. The zero-order chi connectivity index (χ0) is 19.6. The highest BCUT2D eigenvalue weighted by Crippen LogP contribution is 2.24. The number of thiazole rings is 1. The molecule has 0 saturated carbocycles. The highest BCUT2D eigenvalue weighted by Gasteiger charge is 2.25. The lowest BCUT2D eigenvalue weighted by molar-refractivity contribution is -0.144. The van der Waals surface area contributed by atoms with E-state index < -0.39 is 24.0 Å². The predicted molar refractivity (Wildman–Crippen MR) is 103 cm³/mol. The van der Waals surface area contributed by atoms with Gasteiger partial charge in [-0.2, -0.15) is 0 Å². The molecule has 142 valence electrons. The first kappa shape index (κ1) is 19.1. The molecule has 27 heavy (non-hydrogen) atoms. The number of hydrogen-bond donors (Lipinski definition) is 3. The van der Waals surface area contributed by atoms with Gasteiger partial charge in [0.15, 0.2) is 11.0 Å². The minimum absolute atomic E-state index is 0.00106. The van der Waals surface area contributed by atoms with Crippen molar-refractivity contribution in [2.24, 2.45) is 0 Å². The molecular weight excluding hydrogens is 366 g/mol. The van der Waals surface area contributed by atoms with Gasteiger partial charge >= 0.3 is 5.97 Å². The van der Waals surface area contributed by atoms with Gasteiger partial charge in [0, 0.05) is 22.8 Å². The fourth-order valence-corrected chi connectivity index (χ4v) is 3.66. The Morgan fingerprint density at radius 2 is 2.00 bits per heavy atom. The molecule has 1 aromatic carbocycles. The van der Waals surface area contributed by atoms with Crippen molar-refractivity contribution in [3.8, 4) is 11.3 Å². The van der Waals surface area contributed by atoms with Crippen LogP contribution >= 0.6 is 11.3 Å². The molecule has 0 bridgehead atoms. The van der Waals surface area contributed by atoms with E-state index in [1.165, 1.54) is 23.8 Å². The molecule has 0 fully saturated rings. The number of benzene rings is 1. The number of rotatable bonds is 7. The van der Waals surface area contributed by atoms with Crippen molar-refractivity contribution in [2.75, 3.05) is 0 Å². The maximum atomic E-state index is 12.2. The monoisotopic (exact) mass is 387 g/mol. The molecule has 7 nitrogen and oxygen atoms in total. The van der Waals surface area contributed by atoms with E-state index in [2.05, 4.69) is 29.4 Å². The van der Waals surface area contributed by atoms with Crippen molar-refractivity contribution < 1.29 is 19.8 Å². The van der Waals surface area contributed by atoms with Gasteiger partial charge in [-0.1, -0.05) is 31.2 Å². The molecule has 0 radical (unpaired) electrons. The van der Waals surface area contributed by atoms with E-state index in [1.807, 2.05) is 28.1 Å². The summed E-state index contributed by atoms with van der Waals surface area (Å²) < 4.78 is 1.84. The second-order valence-corrected chi connectivity index (χ2v) is 7.19. The number of aliphatic hydroxyl groups is 1. The molecule has 2 atom stereocenters. The predicted octanol–water partition coefficient (Wildman–Crippen LogP) is 2.12. The molecule has 0 aliphatic carbocycles. The summed E-state index contributed by atoms with van der Waals surface area (Å²) in [5, 5.41) is 22.7. The maximum Gasteiger partial charge on any atom is 0.328 e. The summed E-state index contributed by atoms with van der Waals surface area (Å²) in [6, 6.07) is 6.86. The number of nitrogens with zero attached hydrogens (tertiary/aromatic N) is 2. The van der Waals surface area contributed by atoms with Crippen LogP contribution in [0.2, 0.25) is 0 Å². The summed E-state index contributed by atoms with van der Waals surface area (Å²) in [7, 11) is 0. The Kier molecular flexibility index (Phi) is 5.57. The summed E-state index contributed by atoms with van der Waals surface area (Å²) in [4.78, 5) is 28.7. The minimum Gasteiger partial charge on any atom is -0.480 e. The second-order valence-electron chi connectivity index (χ2n) is 6.36. The highest BCUT2D eigenvalue weighted by molar-refractivity contribution is 7.15. The topological polar surface area (TPSA) is 104 Å². The summed E-state index contributed by atoms with van der Waals surface area (Å²) in [6.45, 7) is 3.43. The average Bonchev–Trinajstić information content (AvgIpc) is 3.21. The van der Waals surface area contributed by atoms with Crippen LogP contribution in [0.5, 0.6) is 0 Å². The van der Waals surface area contributed by atoms with Crippen LogP contribution in [0, 0.1) is 0 Å². The van der Waals surface area contributed by atoms with Gasteiger partial charge in [0.05, 0.1) is 18.2 Å². The summed E-state index contributed by atoms with van der Waals surface area (Å²) in [5.74, 6) is -1.74. The molecule has 0 spiro atoms. The summed E-state index contributed by atoms with van der Waals surface area (Å²) in [6.07, 6.45) is 1.67. The van der Waals surface area contributed by atoms with E-state index >= 15 is 0 Å². The molecule has 2 heterocycles. The number of hydrogen-bond acceptors (Lipinski definition) is 5. The van der Waals surface area contributed by atoms with Gasteiger partial charge in [-0.05, 0) is 18.9 Å². The smallest absolute Gasteiger partial charge is 0.328 e. The van der Waals surface area contributed by atoms with E-state index in [4.69, 9.17) is 5.11 Å². The second kappa shape index (κ2) is 7.89. The zero-order valence-electron chi connectivity index (χ0n) is 15.0. The quantitative estimate of drug-likeness (QED) is 0.576. The molecule has 0 aliphatic heterocycles. The van der Waals surface area contributed by atoms with Crippen LogP contribution in [-0.4, -0.2) is 43.6 Å². The van der Waals surface area contributed by atoms with E-state index in [0.717, 1.165) is 22.6 Å². The summed E-state index contributed by atoms with van der Waals surface area (Å²) in [5.41, 5.74) is 3.78. The van der Waals surface area contributed by atoms with Gasteiger partial charge in [0.25, 0.3) is 0 Å². The van der Waals surface area contributed by atoms with E-state index in [9.17, 15) is 14.7 Å². The Hall–Kier alpha value is -2.71. The number of imidazole rings is 1. The number of amides is 1. The number of aliphatic hydroxyl groups excluding tert-OH is 1. The number of carboxylic acid groups (broad SMARTS) is 1. The number of nitrogens with one attached hydrogen (secondary N) is 1. The standard InChI is InChI=1S/C19H21N3O4S/c1-3-12-4-6-13(7-5-12)15-9-22-14(10-27-19(22)20-15)8-16(24)21-17(11(2)23)18(25)26/h4-7,9-11,17,23H,3,8H2,1-2H3,(H,21,24)(H,25,26). The van der Waals surface area contributed by atoms with Crippen LogP contribution in [0.3, 0.4) is 0 Å². The molecule has 1 amide bonds. The van der Waals surface area contributed by atoms with Crippen LogP contribution in [0.15, 0.2) is 35.8 Å². The largest absolute Gasteiger partial charge is 0.480 e. The maximum absolute atomic E-state index is 12.2. The van der Waals surface area contributed by atoms with Crippen molar-refractivity contribution in [1.29, 1.82) is 0 Å². The van der Waals surface area contributed by atoms with Crippen LogP contribution in [-0.2, 0) is 22.4 Å². The number of carbonyl (C=O) groups is 2.